The van der Waals surface area contributed by atoms with Crippen LogP contribution in [0.1, 0.15) is 19.4 Å². The summed E-state index contributed by atoms with van der Waals surface area (Å²) in [6.07, 6.45) is 3.60. The monoisotopic (exact) mass is 210 g/mol. The van der Waals surface area contributed by atoms with Gasteiger partial charge < -0.3 is 11.1 Å². The number of nitrogens with zero attached hydrogens (tertiary/aromatic N) is 2. The van der Waals surface area contributed by atoms with Crippen LogP contribution in [0.4, 0.5) is 0 Å². The molecule has 1 aromatic heterocycles. The highest BCUT2D eigenvalue weighted by atomic mass is 16.2. The maximum atomic E-state index is 11.7. The second-order valence-corrected chi connectivity index (χ2v) is 4.29. The van der Waals surface area contributed by atoms with Crippen LogP contribution >= 0.6 is 0 Å². The molecule has 0 radical (unpaired) electrons. The van der Waals surface area contributed by atoms with Crippen LogP contribution < -0.4 is 11.1 Å². The lowest BCUT2D eigenvalue weighted by atomic mass is 9.93. The molecule has 1 rings (SSSR count). The molecular formula is C10H18N4O. The molecule has 0 bridgehead atoms. The summed E-state index contributed by atoms with van der Waals surface area (Å²) in [5, 5.41) is 6.85. The Bertz CT molecular complexity index is 343. The molecule has 0 saturated carbocycles. The number of carbonyl (C=O) groups excluding carboxylic acids is 1. The first-order valence-corrected chi connectivity index (χ1v) is 4.91. The van der Waals surface area contributed by atoms with Gasteiger partial charge in [0.05, 0.1) is 11.6 Å². The highest BCUT2D eigenvalue weighted by molar-refractivity contribution is 5.81. The molecule has 0 atom stereocenters. The first-order valence-electron chi connectivity index (χ1n) is 4.91. The Balaban J connectivity index is 2.47. The van der Waals surface area contributed by atoms with E-state index in [0.29, 0.717) is 13.1 Å². The first-order chi connectivity index (χ1) is 6.95. The predicted octanol–water partition coefficient (Wildman–Crippen LogP) is 0.0212. The van der Waals surface area contributed by atoms with Crippen LogP contribution in [-0.4, -0.2) is 22.2 Å². The van der Waals surface area contributed by atoms with Crippen LogP contribution in [0, 0.1) is 5.41 Å². The first kappa shape index (κ1) is 11.7. The maximum absolute atomic E-state index is 11.7. The van der Waals surface area contributed by atoms with Gasteiger partial charge in [-0.3, -0.25) is 9.48 Å². The van der Waals surface area contributed by atoms with E-state index in [9.17, 15) is 4.79 Å². The average Bonchev–Trinajstić information content (AvgIpc) is 2.60. The SMILES string of the molecule is Cn1cc(CNC(=O)C(C)(C)CN)cn1. The molecule has 1 aromatic rings. The van der Waals surface area contributed by atoms with E-state index in [4.69, 9.17) is 5.73 Å². The normalized spacial score (nSPS) is 11.5. The Labute approximate surface area is 89.6 Å². The third-order valence-electron chi connectivity index (χ3n) is 2.34. The van der Waals surface area contributed by atoms with Gasteiger partial charge in [-0.1, -0.05) is 0 Å². The molecule has 0 aromatic carbocycles. The van der Waals surface area contributed by atoms with Crippen LogP contribution in [0.15, 0.2) is 12.4 Å². The summed E-state index contributed by atoms with van der Waals surface area (Å²) in [6.45, 7) is 4.49. The summed E-state index contributed by atoms with van der Waals surface area (Å²) in [4.78, 5) is 11.7. The van der Waals surface area contributed by atoms with Gasteiger partial charge in [0.15, 0.2) is 0 Å². The molecule has 0 unspecified atom stereocenters. The van der Waals surface area contributed by atoms with E-state index >= 15 is 0 Å². The molecule has 0 fully saturated rings. The summed E-state index contributed by atoms with van der Waals surface area (Å²) in [5.41, 5.74) is 5.98. The van der Waals surface area contributed by atoms with Crippen LogP contribution in [0.2, 0.25) is 0 Å². The Morgan fingerprint density at radius 2 is 2.33 bits per heavy atom. The molecule has 5 nitrogen and oxygen atoms in total. The molecular weight excluding hydrogens is 192 g/mol. The number of carbonyl (C=O) groups is 1. The van der Waals surface area contributed by atoms with Gasteiger partial charge >= 0.3 is 0 Å². The fourth-order valence-electron chi connectivity index (χ4n) is 1.08. The minimum absolute atomic E-state index is 0.0335. The fourth-order valence-corrected chi connectivity index (χ4v) is 1.08. The quantitative estimate of drug-likeness (QED) is 0.736. The Kier molecular flexibility index (Phi) is 3.47. The second kappa shape index (κ2) is 4.44. The smallest absolute Gasteiger partial charge is 0.227 e. The molecule has 0 aliphatic heterocycles. The lowest BCUT2D eigenvalue weighted by molar-refractivity contribution is -0.129. The van der Waals surface area contributed by atoms with E-state index in [2.05, 4.69) is 10.4 Å². The maximum Gasteiger partial charge on any atom is 0.227 e. The van der Waals surface area contributed by atoms with Gasteiger partial charge in [-0.2, -0.15) is 5.10 Å². The molecule has 0 saturated heterocycles. The zero-order valence-corrected chi connectivity index (χ0v) is 9.45. The predicted molar refractivity (Wildman–Crippen MR) is 57.9 cm³/mol. The zero-order chi connectivity index (χ0) is 11.5. The molecule has 3 N–H and O–H groups in total. The molecule has 1 amide bonds. The number of nitrogens with two attached hydrogens (primary N) is 1. The van der Waals surface area contributed by atoms with Gasteiger partial charge in [0.1, 0.15) is 0 Å². The molecule has 0 aliphatic rings. The Morgan fingerprint density at radius 1 is 1.67 bits per heavy atom. The summed E-state index contributed by atoms with van der Waals surface area (Å²) >= 11 is 0. The number of amides is 1. The summed E-state index contributed by atoms with van der Waals surface area (Å²) < 4.78 is 1.70. The standard InChI is InChI=1S/C10H18N4O/c1-10(2,7-11)9(15)12-4-8-5-13-14(3)6-8/h5-6H,4,7,11H2,1-3H3,(H,12,15). The van der Waals surface area contributed by atoms with Gasteiger partial charge in [-0.25, -0.2) is 0 Å². The minimum Gasteiger partial charge on any atom is -0.351 e. The number of aryl methyl sites for hydroxylation is 1. The van der Waals surface area contributed by atoms with Crippen LogP contribution in [0.25, 0.3) is 0 Å². The van der Waals surface area contributed by atoms with Gasteiger partial charge in [0.25, 0.3) is 0 Å². The number of aromatic nitrogens is 2. The molecule has 1 heterocycles. The average molecular weight is 210 g/mol. The number of hydrogen-bond donors (Lipinski definition) is 2. The van der Waals surface area contributed by atoms with Crippen molar-refractivity contribution >= 4 is 5.91 Å². The zero-order valence-electron chi connectivity index (χ0n) is 9.45. The van der Waals surface area contributed by atoms with Crippen molar-refractivity contribution in [1.82, 2.24) is 15.1 Å². The van der Waals surface area contributed by atoms with Crippen molar-refractivity contribution in [2.45, 2.75) is 20.4 Å². The molecule has 0 spiro atoms. The van der Waals surface area contributed by atoms with Crippen molar-refractivity contribution in [2.24, 2.45) is 18.2 Å². The lowest BCUT2D eigenvalue weighted by Gasteiger charge is -2.20. The van der Waals surface area contributed by atoms with Crippen LogP contribution in [0.5, 0.6) is 0 Å². The molecule has 15 heavy (non-hydrogen) atoms. The minimum atomic E-state index is -0.512. The molecule has 5 heteroatoms. The van der Waals surface area contributed by atoms with E-state index in [1.807, 2.05) is 27.1 Å². The van der Waals surface area contributed by atoms with Crippen molar-refractivity contribution in [3.63, 3.8) is 0 Å². The van der Waals surface area contributed by atoms with Gasteiger partial charge in [-0.15, -0.1) is 0 Å². The summed E-state index contributed by atoms with van der Waals surface area (Å²) in [7, 11) is 1.84. The van der Waals surface area contributed by atoms with Crippen molar-refractivity contribution in [3.05, 3.63) is 18.0 Å². The van der Waals surface area contributed by atoms with Crippen LogP contribution in [0.3, 0.4) is 0 Å². The summed E-state index contributed by atoms with van der Waals surface area (Å²) in [5.74, 6) is -0.0335. The van der Waals surface area contributed by atoms with Crippen molar-refractivity contribution in [1.29, 1.82) is 0 Å². The van der Waals surface area contributed by atoms with E-state index in [0.717, 1.165) is 5.56 Å². The van der Waals surface area contributed by atoms with Gasteiger partial charge in [0.2, 0.25) is 5.91 Å². The van der Waals surface area contributed by atoms with E-state index in [-0.39, 0.29) is 5.91 Å². The van der Waals surface area contributed by atoms with E-state index in [1.165, 1.54) is 0 Å². The molecule has 0 aliphatic carbocycles. The summed E-state index contributed by atoms with van der Waals surface area (Å²) in [6, 6.07) is 0. The van der Waals surface area contributed by atoms with Crippen molar-refractivity contribution < 1.29 is 4.79 Å². The van der Waals surface area contributed by atoms with Crippen molar-refractivity contribution in [3.8, 4) is 0 Å². The highest BCUT2D eigenvalue weighted by Gasteiger charge is 2.25. The Morgan fingerprint density at radius 3 is 2.80 bits per heavy atom. The van der Waals surface area contributed by atoms with Gasteiger partial charge in [0, 0.05) is 31.9 Å². The van der Waals surface area contributed by atoms with E-state index < -0.39 is 5.41 Å². The third kappa shape index (κ3) is 3.06. The van der Waals surface area contributed by atoms with E-state index in [1.54, 1.807) is 10.9 Å². The van der Waals surface area contributed by atoms with Crippen molar-refractivity contribution in [2.75, 3.05) is 6.54 Å². The highest BCUT2D eigenvalue weighted by Crippen LogP contribution is 2.12. The topological polar surface area (TPSA) is 72.9 Å². The number of hydrogen-bond acceptors (Lipinski definition) is 3. The second-order valence-electron chi connectivity index (χ2n) is 4.29. The Hall–Kier alpha value is -1.36. The molecule has 84 valence electrons. The third-order valence-corrected chi connectivity index (χ3v) is 2.34. The van der Waals surface area contributed by atoms with Gasteiger partial charge in [-0.05, 0) is 13.8 Å². The van der Waals surface area contributed by atoms with Crippen LogP contribution in [-0.2, 0) is 18.4 Å². The largest absolute Gasteiger partial charge is 0.351 e. The lowest BCUT2D eigenvalue weighted by Crippen LogP contribution is -2.41. The number of rotatable bonds is 4. The fraction of sp³-hybridized carbons (Fsp3) is 0.600. The number of nitrogens with one attached hydrogen (secondary N) is 1.